The topological polar surface area (TPSA) is 74.8 Å². The molecule has 0 amide bonds. The van der Waals surface area contributed by atoms with Gasteiger partial charge in [0.05, 0.1) is 6.20 Å². The SMILES string of the molecule is Cn1cc(COC(=O)n2ccnc2)nn1. The van der Waals surface area contributed by atoms with Crippen LogP contribution in [0.15, 0.2) is 24.9 Å². The van der Waals surface area contributed by atoms with Crippen LogP contribution >= 0.6 is 0 Å². The van der Waals surface area contributed by atoms with Crippen LogP contribution in [0.25, 0.3) is 0 Å². The molecule has 0 unspecified atom stereocenters. The normalized spacial score (nSPS) is 10.2. The van der Waals surface area contributed by atoms with E-state index in [9.17, 15) is 4.79 Å². The van der Waals surface area contributed by atoms with Crippen molar-refractivity contribution in [3.63, 3.8) is 0 Å². The lowest BCUT2D eigenvalue weighted by Crippen LogP contribution is -2.11. The molecule has 0 atom stereocenters. The third-order valence-corrected chi connectivity index (χ3v) is 1.71. The fraction of sp³-hybridized carbons (Fsp3) is 0.250. The summed E-state index contributed by atoms with van der Waals surface area (Å²) in [5.74, 6) is 0. The summed E-state index contributed by atoms with van der Waals surface area (Å²) in [7, 11) is 1.74. The zero-order valence-corrected chi connectivity index (χ0v) is 8.07. The Morgan fingerprint density at radius 3 is 3.07 bits per heavy atom. The van der Waals surface area contributed by atoms with Crippen molar-refractivity contribution in [3.8, 4) is 0 Å². The van der Waals surface area contributed by atoms with E-state index < -0.39 is 6.09 Å². The van der Waals surface area contributed by atoms with E-state index >= 15 is 0 Å². The maximum absolute atomic E-state index is 11.3. The molecule has 0 aromatic carbocycles. The van der Waals surface area contributed by atoms with Crippen molar-refractivity contribution in [1.29, 1.82) is 0 Å². The number of carbonyl (C=O) groups excluding carboxylic acids is 1. The number of hydrogen-bond acceptors (Lipinski definition) is 5. The number of ether oxygens (including phenoxy) is 1. The Morgan fingerprint density at radius 2 is 2.47 bits per heavy atom. The first kappa shape index (κ1) is 9.38. The zero-order chi connectivity index (χ0) is 10.7. The molecule has 0 N–H and O–H groups in total. The molecule has 2 rings (SSSR count). The second-order valence-corrected chi connectivity index (χ2v) is 2.91. The maximum Gasteiger partial charge on any atom is 0.419 e. The maximum atomic E-state index is 11.3. The van der Waals surface area contributed by atoms with Crippen LogP contribution in [0.5, 0.6) is 0 Å². The Hall–Kier alpha value is -2.18. The van der Waals surface area contributed by atoms with Crippen molar-refractivity contribution in [3.05, 3.63) is 30.6 Å². The van der Waals surface area contributed by atoms with Crippen molar-refractivity contribution in [1.82, 2.24) is 24.5 Å². The monoisotopic (exact) mass is 207 g/mol. The molecule has 2 aromatic rings. The van der Waals surface area contributed by atoms with Crippen molar-refractivity contribution in [2.75, 3.05) is 0 Å². The molecule has 7 nitrogen and oxygen atoms in total. The van der Waals surface area contributed by atoms with Crippen molar-refractivity contribution in [2.24, 2.45) is 7.05 Å². The molecule has 7 heteroatoms. The summed E-state index contributed by atoms with van der Waals surface area (Å²) < 4.78 is 7.74. The molecule has 0 aliphatic carbocycles. The first-order chi connectivity index (χ1) is 7.25. The van der Waals surface area contributed by atoms with Gasteiger partial charge < -0.3 is 4.74 Å². The number of carbonyl (C=O) groups is 1. The fourth-order valence-corrected chi connectivity index (χ4v) is 1.04. The molecule has 0 aliphatic rings. The predicted octanol–water partition coefficient (Wildman–Crippen LogP) is 0.196. The van der Waals surface area contributed by atoms with E-state index in [2.05, 4.69) is 15.3 Å². The molecule has 0 aliphatic heterocycles. The highest BCUT2D eigenvalue weighted by Gasteiger charge is 2.06. The Labute approximate surface area is 85.3 Å². The number of aryl methyl sites for hydroxylation is 1. The number of aromatic nitrogens is 5. The number of hydrogen-bond donors (Lipinski definition) is 0. The van der Waals surface area contributed by atoms with Crippen LogP contribution in [0.4, 0.5) is 4.79 Å². The summed E-state index contributed by atoms with van der Waals surface area (Å²) in [4.78, 5) is 15.1. The van der Waals surface area contributed by atoms with Crippen LogP contribution in [0.2, 0.25) is 0 Å². The van der Waals surface area contributed by atoms with Gasteiger partial charge >= 0.3 is 6.09 Å². The van der Waals surface area contributed by atoms with Gasteiger partial charge in [0.1, 0.15) is 18.6 Å². The van der Waals surface area contributed by atoms with Gasteiger partial charge in [0, 0.05) is 19.4 Å². The van der Waals surface area contributed by atoms with Gasteiger partial charge in [-0.1, -0.05) is 5.21 Å². The summed E-state index contributed by atoms with van der Waals surface area (Å²) in [6.07, 6.45) is 5.58. The Balaban J connectivity index is 1.91. The Kier molecular flexibility index (Phi) is 2.44. The smallest absolute Gasteiger partial charge is 0.419 e. The van der Waals surface area contributed by atoms with Gasteiger partial charge in [0.25, 0.3) is 0 Å². The van der Waals surface area contributed by atoms with Gasteiger partial charge in [-0.25, -0.2) is 14.3 Å². The molecule has 0 bridgehead atoms. The van der Waals surface area contributed by atoms with Crippen LogP contribution in [0, 0.1) is 0 Å². The second kappa shape index (κ2) is 3.91. The van der Waals surface area contributed by atoms with E-state index in [1.54, 1.807) is 17.9 Å². The van der Waals surface area contributed by atoms with E-state index in [0.717, 1.165) is 0 Å². The summed E-state index contributed by atoms with van der Waals surface area (Å²) >= 11 is 0. The van der Waals surface area contributed by atoms with Crippen LogP contribution < -0.4 is 0 Å². The Bertz CT molecular complexity index is 447. The first-order valence-corrected chi connectivity index (χ1v) is 4.26. The van der Waals surface area contributed by atoms with Gasteiger partial charge in [-0.05, 0) is 0 Å². The summed E-state index contributed by atoms with van der Waals surface area (Å²) in [6, 6.07) is 0. The van der Waals surface area contributed by atoms with Gasteiger partial charge in [0.15, 0.2) is 0 Å². The lowest BCUT2D eigenvalue weighted by Gasteiger charge is -2.01. The molecule has 0 radical (unpaired) electrons. The molecule has 0 fully saturated rings. The summed E-state index contributed by atoms with van der Waals surface area (Å²) in [6.45, 7) is 0.102. The number of rotatable bonds is 2. The number of imidazole rings is 1. The second-order valence-electron chi connectivity index (χ2n) is 2.91. The zero-order valence-electron chi connectivity index (χ0n) is 8.07. The highest BCUT2D eigenvalue weighted by atomic mass is 16.5. The van der Waals surface area contributed by atoms with Crippen molar-refractivity contribution in [2.45, 2.75) is 6.61 Å². The highest BCUT2D eigenvalue weighted by Crippen LogP contribution is 1.97. The quantitative estimate of drug-likeness (QED) is 0.703. The largest absolute Gasteiger partial charge is 0.442 e. The third kappa shape index (κ3) is 2.19. The lowest BCUT2D eigenvalue weighted by molar-refractivity contribution is 0.140. The lowest BCUT2D eigenvalue weighted by atomic mass is 10.5. The molecule has 2 aromatic heterocycles. The molecule has 15 heavy (non-hydrogen) atoms. The van der Waals surface area contributed by atoms with Crippen molar-refractivity contribution >= 4 is 6.09 Å². The van der Waals surface area contributed by atoms with Crippen LogP contribution in [0.3, 0.4) is 0 Å². The molecule has 0 saturated carbocycles. The molecule has 78 valence electrons. The van der Waals surface area contributed by atoms with Crippen molar-refractivity contribution < 1.29 is 9.53 Å². The molecule has 2 heterocycles. The van der Waals surface area contributed by atoms with Gasteiger partial charge in [-0.15, -0.1) is 5.10 Å². The summed E-state index contributed by atoms with van der Waals surface area (Å²) in [5.41, 5.74) is 0.603. The first-order valence-electron chi connectivity index (χ1n) is 4.26. The Morgan fingerprint density at radius 1 is 1.60 bits per heavy atom. The minimum atomic E-state index is -0.488. The minimum Gasteiger partial charge on any atom is -0.442 e. The minimum absolute atomic E-state index is 0.102. The van der Waals surface area contributed by atoms with Crippen LogP contribution in [-0.4, -0.2) is 30.6 Å². The predicted molar refractivity (Wildman–Crippen MR) is 48.8 cm³/mol. The average molecular weight is 207 g/mol. The van der Waals surface area contributed by atoms with E-state index in [1.165, 1.54) is 23.3 Å². The molecule has 0 saturated heterocycles. The molecular formula is C8H9N5O2. The van der Waals surface area contributed by atoms with E-state index in [4.69, 9.17) is 4.74 Å². The standard InChI is InChI=1S/C8H9N5O2/c1-12-4-7(10-11-12)5-15-8(14)13-3-2-9-6-13/h2-4,6H,5H2,1H3. The molecular weight excluding hydrogens is 198 g/mol. The third-order valence-electron chi connectivity index (χ3n) is 1.71. The average Bonchev–Trinajstić information content (AvgIpc) is 2.84. The van der Waals surface area contributed by atoms with Gasteiger partial charge in [-0.3, -0.25) is 4.68 Å². The van der Waals surface area contributed by atoms with Gasteiger partial charge in [0.2, 0.25) is 0 Å². The van der Waals surface area contributed by atoms with Crippen LogP contribution in [-0.2, 0) is 18.4 Å². The molecule has 0 spiro atoms. The van der Waals surface area contributed by atoms with Gasteiger partial charge in [-0.2, -0.15) is 0 Å². The van der Waals surface area contributed by atoms with E-state index in [1.807, 2.05) is 0 Å². The number of nitrogens with zero attached hydrogens (tertiary/aromatic N) is 5. The highest BCUT2D eigenvalue weighted by molar-refractivity contribution is 5.69. The van der Waals surface area contributed by atoms with E-state index in [-0.39, 0.29) is 6.61 Å². The summed E-state index contributed by atoms with van der Waals surface area (Å²) in [5, 5.41) is 7.49. The van der Waals surface area contributed by atoms with E-state index in [0.29, 0.717) is 5.69 Å². The van der Waals surface area contributed by atoms with Crippen LogP contribution in [0.1, 0.15) is 5.69 Å². The fourth-order valence-electron chi connectivity index (χ4n) is 1.04.